The summed E-state index contributed by atoms with van der Waals surface area (Å²) in [6.07, 6.45) is 1.49. The minimum Gasteiger partial charge on any atom is -0.377 e. The Labute approximate surface area is 124 Å². The van der Waals surface area contributed by atoms with E-state index in [1.165, 1.54) is 17.5 Å². The third kappa shape index (κ3) is 7.04. The van der Waals surface area contributed by atoms with Gasteiger partial charge in [-0.2, -0.15) is 0 Å². The number of likely N-dealkylation sites (N-methyl/N-ethyl adjacent to an activating group) is 1. The molecule has 0 amide bonds. The third-order valence-corrected chi connectivity index (χ3v) is 3.23. The first kappa shape index (κ1) is 17.2. The lowest BCUT2D eigenvalue weighted by Crippen LogP contribution is -2.25. The second-order valence-electron chi connectivity index (χ2n) is 5.60. The van der Waals surface area contributed by atoms with Crippen molar-refractivity contribution in [2.24, 2.45) is 0 Å². The summed E-state index contributed by atoms with van der Waals surface area (Å²) in [5.41, 5.74) is 2.81. The van der Waals surface area contributed by atoms with Crippen LogP contribution < -0.4 is 5.32 Å². The predicted octanol–water partition coefficient (Wildman–Crippen LogP) is 3.04. The molecule has 1 aromatic carbocycles. The van der Waals surface area contributed by atoms with E-state index in [1.54, 1.807) is 0 Å². The summed E-state index contributed by atoms with van der Waals surface area (Å²) in [7, 11) is 2.15. The summed E-state index contributed by atoms with van der Waals surface area (Å²) < 4.78 is 5.61. The molecule has 20 heavy (non-hydrogen) atoms. The molecule has 3 heteroatoms. The van der Waals surface area contributed by atoms with Crippen LogP contribution in [0, 0.1) is 0 Å². The second-order valence-corrected chi connectivity index (χ2v) is 5.60. The highest BCUT2D eigenvalue weighted by Gasteiger charge is 2.05. The van der Waals surface area contributed by atoms with Crippen molar-refractivity contribution in [3.05, 3.63) is 35.4 Å². The Morgan fingerprint density at radius 2 is 1.90 bits per heavy atom. The van der Waals surface area contributed by atoms with Gasteiger partial charge in [-0.25, -0.2) is 0 Å². The molecule has 0 bridgehead atoms. The van der Waals surface area contributed by atoms with Crippen LogP contribution >= 0.6 is 0 Å². The molecular formula is C17H30N2O. The third-order valence-electron chi connectivity index (χ3n) is 3.23. The zero-order chi connectivity index (χ0) is 14.8. The number of benzene rings is 1. The highest BCUT2D eigenvalue weighted by Crippen LogP contribution is 2.11. The average molecular weight is 278 g/mol. The predicted molar refractivity (Wildman–Crippen MR) is 85.9 cm³/mol. The highest BCUT2D eigenvalue weighted by atomic mass is 16.5. The molecule has 0 unspecified atom stereocenters. The van der Waals surface area contributed by atoms with Crippen molar-refractivity contribution in [3.63, 3.8) is 0 Å². The molecule has 0 aliphatic carbocycles. The molecule has 1 rings (SSSR count). The van der Waals surface area contributed by atoms with Crippen LogP contribution in [0.15, 0.2) is 24.3 Å². The summed E-state index contributed by atoms with van der Waals surface area (Å²) in [5.74, 6) is 0. The molecule has 1 N–H and O–H groups in total. The summed E-state index contributed by atoms with van der Waals surface area (Å²) in [4.78, 5) is 2.32. The fraction of sp³-hybridized carbons (Fsp3) is 0.647. The quantitative estimate of drug-likeness (QED) is 0.666. The molecule has 0 aliphatic rings. The van der Waals surface area contributed by atoms with Gasteiger partial charge < -0.3 is 10.1 Å². The Balaban J connectivity index is 2.44. The second kappa shape index (κ2) is 9.92. The smallest absolute Gasteiger partial charge is 0.0596 e. The van der Waals surface area contributed by atoms with Gasteiger partial charge in [0, 0.05) is 19.6 Å². The van der Waals surface area contributed by atoms with Gasteiger partial charge in [0.05, 0.1) is 12.7 Å². The lowest BCUT2D eigenvalue weighted by Gasteiger charge is -2.19. The van der Waals surface area contributed by atoms with Crippen molar-refractivity contribution in [2.75, 3.05) is 26.7 Å². The topological polar surface area (TPSA) is 24.5 Å². The van der Waals surface area contributed by atoms with Crippen LogP contribution in [-0.4, -0.2) is 37.7 Å². The lowest BCUT2D eigenvalue weighted by atomic mass is 10.1. The molecule has 114 valence electrons. The maximum absolute atomic E-state index is 5.61. The van der Waals surface area contributed by atoms with E-state index in [0.29, 0.717) is 6.10 Å². The SMILES string of the molecule is CCCNCc1ccccc1CN(C)CCOC(C)C. The maximum Gasteiger partial charge on any atom is 0.0596 e. The standard InChI is InChI=1S/C17H30N2O/c1-5-10-18-13-16-8-6-7-9-17(16)14-19(4)11-12-20-15(2)3/h6-9,15,18H,5,10-14H2,1-4H3. The number of hydrogen-bond donors (Lipinski definition) is 1. The van der Waals surface area contributed by atoms with Gasteiger partial charge in [-0.05, 0) is 45.0 Å². The normalized spacial score (nSPS) is 11.5. The molecule has 0 fully saturated rings. The van der Waals surface area contributed by atoms with E-state index in [-0.39, 0.29) is 0 Å². The van der Waals surface area contributed by atoms with Gasteiger partial charge in [0.15, 0.2) is 0 Å². The summed E-state index contributed by atoms with van der Waals surface area (Å²) in [6, 6.07) is 8.69. The van der Waals surface area contributed by atoms with Crippen LogP contribution in [-0.2, 0) is 17.8 Å². The monoisotopic (exact) mass is 278 g/mol. The van der Waals surface area contributed by atoms with Crippen molar-refractivity contribution in [3.8, 4) is 0 Å². The zero-order valence-electron chi connectivity index (χ0n) is 13.5. The minimum atomic E-state index is 0.314. The Kier molecular flexibility index (Phi) is 8.51. The van der Waals surface area contributed by atoms with Gasteiger partial charge in [-0.1, -0.05) is 31.2 Å². The van der Waals surface area contributed by atoms with Gasteiger partial charge >= 0.3 is 0 Å². The Morgan fingerprint density at radius 1 is 1.20 bits per heavy atom. The Hall–Kier alpha value is -0.900. The number of hydrogen-bond acceptors (Lipinski definition) is 3. The van der Waals surface area contributed by atoms with Crippen LogP contribution in [0.5, 0.6) is 0 Å². The first-order valence-corrected chi connectivity index (χ1v) is 7.71. The van der Waals surface area contributed by atoms with Gasteiger partial charge in [0.25, 0.3) is 0 Å². The van der Waals surface area contributed by atoms with Crippen LogP contribution in [0.25, 0.3) is 0 Å². The Bertz CT molecular complexity index is 366. The van der Waals surface area contributed by atoms with E-state index in [9.17, 15) is 0 Å². The molecule has 0 aromatic heterocycles. The summed E-state index contributed by atoms with van der Waals surface area (Å²) in [6.45, 7) is 11.1. The van der Waals surface area contributed by atoms with Gasteiger partial charge in [0.1, 0.15) is 0 Å². The van der Waals surface area contributed by atoms with E-state index >= 15 is 0 Å². The number of nitrogens with one attached hydrogen (secondary N) is 1. The van der Waals surface area contributed by atoms with E-state index in [0.717, 1.165) is 32.8 Å². The summed E-state index contributed by atoms with van der Waals surface area (Å²) in [5, 5.41) is 3.48. The molecule has 1 aromatic rings. The highest BCUT2D eigenvalue weighted by molar-refractivity contribution is 5.26. The van der Waals surface area contributed by atoms with Crippen LogP contribution in [0.4, 0.5) is 0 Å². The van der Waals surface area contributed by atoms with Gasteiger partial charge in [0.2, 0.25) is 0 Å². The molecule has 0 heterocycles. The average Bonchev–Trinajstić information content (AvgIpc) is 2.40. The van der Waals surface area contributed by atoms with E-state index in [4.69, 9.17) is 4.74 Å². The van der Waals surface area contributed by atoms with Crippen LogP contribution in [0.3, 0.4) is 0 Å². The molecule has 0 saturated carbocycles. The molecule has 0 spiro atoms. The molecule has 0 radical (unpaired) electrons. The molecular weight excluding hydrogens is 248 g/mol. The van der Waals surface area contributed by atoms with Crippen molar-refractivity contribution >= 4 is 0 Å². The van der Waals surface area contributed by atoms with Gasteiger partial charge in [-0.3, -0.25) is 4.90 Å². The number of ether oxygens (including phenoxy) is 1. The van der Waals surface area contributed by atoms with Crippen molar-refractivity contribution in [1.29, 1.82) is 0 Å². The van der Waals surface area contributed by atoms with Crippen molar-refractivity contribution in [2.45, 2.75) is 46.4 Å². The maximum atomic E-state index is 5.61. The number of nitrogens with zero attached hydrogens (tertiary/aromatic N) is 1. The first-order valence-electron chi connectivity index (χ1n) is 7.71. The molecule has 0 atom stereocenters. The lowest BCUT2D eigenvalue weighted by molar-refractivity contribution is 0.0626. The first-order chi connectivity index (χ1) is 9.63. The molecule has 0 saturated heterocycles. The van der Waals surface area contributed by atoms with E-state index in [2.05, 4.69) is 62.3 Å². The number of rotatable bonds is 10. The largest absolute Gasteiger partial charge is 0.377 e. The van der Waals surface area contributed by atoms with Crippen molar-refractivity contribution < 1.29 is 4.74 Å². The Morgan fingerprint density at radius 3 is 2.55 bits per heavy atom. The minimum absolute atomic E-state index is 0.314. The fourth-order valence-electron chi connectivity index (χ4n) is 2.10. The van der Waals surface area contributed by atoms with Crippen LogP contribution in [0.2, 0.25) is 0 Å². The fourth-order valence-corrected chi connectivity index (χ4v) is 2.10. The molecule has 0 aliphatic heterocycles. The van der Waals surface area contributed by atoms with E-state index < -0.39 is 0 Å². The van der Waals surface area contributed by atoms with E-state index in [1.807, 2.05) is 0 Å². The van der Waals surface area contributed by atoms with Crippen LogP contribution in [0.1, 0.15) is 38.3 Å². The zero-order valence-corrected chi connectivity index (χ0v) is 13.5. The van der Waals surface area contributed by atoms with Gasteiger partial charge in [-0.15, -0.1) is 0 Å². The summed E-state index contributed by atoms with van der Waals surface area (Å²) >= 11 is 0. The molecule has 3 nitrogen and oxygen atoms in total. The van der Waals surface area contributed by atoms with Crippen molar-refractivity contribution in [1.82, 2.24) is 10.2 Å².